The average molecular weight is 292 g/mol. The van der Waals surface area contributed by atoms with Crippen molar-refractivity contribution in [2.24, 2.45) is 0 Å². The van der Waals surface area contributed by atoms with Gasteiger partial charge in [0, 0.05) is 26.6 Å². The predicted octanol–water partition coefficient (Wildman–Crippen LogP) is 1.84. The third kappa shape index (κ3) is 4.03. The summed E-state index contributed by atoms with van der Waals surface area (Å²) < 4.78 is 13.2. The van der Waals surface area contributed by atoms with Crippen LogP contribution in [0.15, 0.2) is 24.3 Å². The van der Waals surface area contributed by atoms with Crippen LogP contribution in [0, 0.1) is 5.82 Å². The van der Waals surface area contributed by atoms with Crippen LogP contribution in [0.5, 0.6) is 0 Å². The molecule has 1 heterocycles. The zero-order valence-corrected chi connectivity index (χ0v) is 12.5. The summed E-state index contributed by atoms with van der Waals surface area (Å²) in [6.45, 7) is 2.26. The zero-order chi connectivity index (χ0) is 15.4. The highest BCUT2D eigenvalue weighted by molar-refractivity contribution is 5.84. The molecule has 0 spiro atoms. The Morgan fingerprint density at radius 2 is 2.19 bits per heavy atom. The fourth-order valence-electron chi connectivity index (χ4n) is 2.72. The van der Waals surface area contributed by atoms with E-state index in [-0.39, 0.29) is 30.2 Å². The van der Waals surface area contributed by atoms with Gasteiger partial charge in [0.15, 0.2) is 0 Å². The number of likely N-dealkylation sites (tertiary alicyclic amines) is 1. The molecule has 21 heavy (non-hydrogen) atoms. The van der Waals surface area contributed by atoms with Gasteiger partial charge in [-0.3, -0.25) is 9.59 Å². The second-order valence-electron chi connectivity index (χ2n) is 5.59. The third-order valence-corrected chi connectivity index (χ3v) is 3.97. The van der Waals surface area contributed by atoms with Gasteiger partial charge in [-0.25, -0.2) is 4.39 Å². The average Bonchev–Trinajstić information content (AvgIpc) is 2.86. The van der Waals surface area contributed by atoms with E-state index in [0.717, 1.165) is 18.4 Å². The largest absolute Gasteiger partial charge is 0.338 e. The van der Waals surface area contributed by atoms with Crippen molar-refractivity contribution < 1.29 is 14.0 Å². The number of hydrogen-bond acceptors (Lipinski definition) is 2. The summed E-state index contributed by atoms with van der Waals surface area (Å²) in [4.78, 5) is 26.7. The highest BCUT2D eigenvalue weighted by Gasteiger charge is 2.29. The summed E-state index contributed by atoms with van der Waals surface area (Å²) >= 11 is 0. The van der Waals surface area contributed by atoms with E-state index in [1.165, 1.54) is 24.0 Å². The molecule has 0 saturated carbocycles. The van der Waals surface area contributed by atoms with Crippen molar-refractivity contribution in [1.82, 2.24) is 9.80 Å². The van der Waals surface area contributed by atoms with Gasteiger partial charge in [0.2, 0.25) is 11.8 Å². The van der Waals surface area contributed by atoms with Crippen LogP contribution in [-0.2, 0) is 16.0 Å². The lowest BCUT2D eigenvalue weighted by molar-refractivity contribution is -0.138. The smallest absolute Gasteiger partial charge is 0.242 e. The third-order valence-electron chi connectivity index (χ3n) is 3.97. The summed E-state index contributed by atoms with van der Waals surface area (Å²) in [6.07, 6.45) is 2.54. The molecule has 5 heteroatoms. The van der Waals surface area contributed by atoms with Crippen molar-refractivity contribution >= 4 is 11.8 Å². The summed E-state index contributed by atoms with van der Waals surface area (Å²) in [7, 11) is 1.62. The number of carbonyl (C=O) groups is 2. The molecule has 4 nitrogen and oxygen atoms in total. The van der Waals surface area contributed by atoms with Crippen LogP contribution in [-0.4, -0.2) is 47.8 Å². The first-order chi connectivity index (χ1) is 9.97. The fourth-order valence-corrected chi connectivity index (χ4v) is 2.72. The minimum atomic E-state index is -0.250. The van der Waals surface area contributed by atoms with E-state index in [0.29, 0.717) is 13.0 Å². The maximum Gasteiger partial charge on any atom is 0.242 e. The molecule has 0 radical (unpaired) electrons. The van der Waals surface area contributed by atoms with Crippen LogP contribution in [0.2, 0.25) is 0 Å². The molecule has 1 saturated heterocycles. The van der Waals surface area contributed by atoms with Crippen molar-refractivity contribution in [3.8, 4) is 0 Å². The van der Waals surface area contributed by atoms with Crippen LogP contribution >= 0.6 is 0 Å². The summed E-state index contributed by atoms with van der Waals surface area (Å²) in [5.41, 5.74) is 0.902. The van der Waals surface area contributed by atoms with Crippen LogP contribution in [0.3, 0.4) is 0 Å². The molecule has 114 valence electrons. The molecular formula is C16H21FN2O2. The number of amides is 2. The lowest BCUT2D eigenvalue weighted by Crippen LogP contribution is -2.43. The van der Waals surface area contributed by atoms with Gasteiger partial charge in [-0.15, -0.1) is 0 Å². The Hall–Kier alpha value is -1.91. The van der Waals surface area contributed by atoms with E-state index >= 15 is 0 Å². The van der Waals surface area contributed by atoms with E-state index in [2.05, 4.69) is 0 Å². The standard InChI is InChI=1S/C16H21FN2O2/c1-12(20)18(2)11-16(21)19-8-4-7-15(19)10-13-5-3-6-14(17)9-13/h3,5-6,9,15H,4,7-8,10-11H2,1-2H3. The summed E-state index contributed by atoms with van der Waals surface area (Å²) in [6, 6.07) is 6.60. The highest BCUT2D eigenvalue weighted by Crippen LogP contribution is 2.21. The Kier molecular flexibility index (Phi) is 4.94. The van der Waals surface area contributed by atoms with Crippen LogP contribution in [0.4, 0.5) is 4.39 Å². The second kappa shape index (κ2) is 6.70. The Morgan fingerprint density at radius 3 is 2.86 bits per heavy atom. The molecule has 1 atom stereocenters. The topological polar surface area (TPSA) is 40.6 Å². The Labute approximate surface area is 124 Å². The van der Waals surface area contributed by atoms with Gasteiger partial charge in [-0.1, -0.05) is 12.1 Å². The fraction of sp³-hybridized carbons (Fsp3) is 0.500. The van der Waals surface area contributed by atoms with Crippen LogP contribution in [0.25, 0.3) is 0 Å². The Balaban J connectivity index is 2.00. The molecule has 0 bridgehead atoms. The van der Waals surface area contributed by atoms with Crippen molar-refractivity contribution in [2.45, 2.75) is 32.2 Å². The van der Waals surface area contributed by atoms with Gasteiger partial charge in [-0.2, -0.15) is 0 Å². The van der Waals surface area contributed by atoms with Crippen LogP contribution in [0.1, 0.15) is 25.3 Å². The van der Waals surface area contributed by atoms with Crippen molar-refractivity contribution in [3.05, 3.63) is 35.6 Å². The van der Waals surface area contributed by atoms with Gasteiger partial charge < -0.3 is 9.80 Å². The molecule has 0 aliphatic carbocycles. The molecule has 1 unspecified atom stereocenters. The molecule has 1 aromatic carbocycles. The molecule has 2 rings (SSSR count). The number of likely N-dealkylation sites (N-methyl/N-ethyl adjacent to an activating group) is 1. The zero-order valence-electron chi connectivity index (χ0n) is 12.5. The van der Waals surface area contributed by atoms with Gasteiger partial charge in [-0.05, 0) is 37.0 Å². The quantitative estimate of drug-likeness (QED) is 0.849. The maximum absolute atomic E-state index is 13.2. The number of halogens is 1. The predicted molar refractivity (Wildman–Crippen MR) is 78.2 cm³/mol. The van der Waals surface area contributed by atoms with E-state index in [1.807, 2.05) is 11.0 Å². The Bertz CT molecular complexity index is 533. The minimum absolute atomic E-state index is 0.0356. The van der Waals surface area contributed by atoms with Gasteiger partial charge in [0.05, 0.1) is 6.54 Å². The molecule has 0 aromatic heterocycles. The van der Waals surface area contributed by atoms with Crippen molar-refractivity contribution in [2.75, 3.05) is 20.1 Å². The lowest BCUT2D eigenvalue weighted by atomic mass is 10.0. The number of nitrogens with zero attached hydrogens (tertiary/aromatic N) is 2. The summed E-state index contributed by atoms with van der Waals surface area (Å²) in [5.74, 6) is -0.407. The maximum atomic E-state index is 13.2. The first-order valence-corrected chi connectivity index (χ1v) is 7.23. The molecule has 1 aliphatic rings. The second-order valence-corrected chi connectivity index (χ2v) is 5.59. The number of carbonyl (C=O) groups excluding carboxylic acids is 2. The molecule has 0 N–H and O–H groups in total. The van der Waals surface area contributed by atoms with E-state index < -0.39 is 0 Å². The SMILES string of the molecule is CC(=O)N(C)CC(=O)N1CCCC1Cc1cccc(F)c1. The molecular weight excluding hydrogens is 271 g/mol. The molecule has 1 fully saturated rings. The Morgan fingerprint density at radius 1 is 1.43 bits per heavy atom. The van der Waals surface area contributed by atoms with Gasteiger partial charge >= 0.3 is 0 Å². The van der Waals surface area contributed by atoms with Crippen molar-refractivity contribution in [3.63, 3.8) is 0 Å². The van der Waals surface area contributed by atoms with Gasteiger partial charge in [0.1, 0.15) is 5.82 Å². The number of rotatable bonds is 4. The van der Waals surface area contributed by atoms with E-state index in [1.54, 1.807) is 13.1 Å². The number of benzene rings is 1. The molecule has 2 amide bonds. The van der Waals surface area contributed by atoms with Crippen LogP contribution < -0.4 is 0 Å². The molecule has 1 aromatic rings. The lowest BCUT2D eigenvalue weighted by Gasteiger charge is -2.27. The monoisotopic (exact) mass is 292 g/mol. The highest BCUT2D eigenvalue weighted by atomic mass is 19.1. The first-order valence-electron chi connectivity index (χ1n) is 7.23. The normalized spacial score (nSPS) is 17.9. The molecule has 1 aliphatic heterocycles. The van der Waals surface area contributed by atoms with E-state index in [4.69, 9.17) is 0 Å². The van der Waals surface area contributed by atoms with E-state index in [9.17, 15) is 14.0 Å². The summed E-state index contributed by atoms with van der Waals surface area (Å²) in [5, 5.41) is 0. The first kappa shape index (κ1) is 15.5. The number of hydrogen-bond donors (Lipinski definition) is 0. The van der Waals surface area contributed by atoms with Crippen molar-refractivity contribution in [1.29, 1.82) is 0 Å². The van der Waals surface area contributed by atoms with Gasteiger partial charge in [0.25, 0.3) is 0 Å². The minimum Gasteiger partial charge on any atom is -0.338 e.